The van der Waals surface area contributed by atoms with Gasteiger partial charge < -0.3 is 39.4 Å². The van der Waals surface area contributed by atoms with Gasteiger partial charge in [-0.25, -0.2) is 0 Å². The number of ether oxygens (including phenoxy) is 4. The molecule has 1 saturated heterocycles. The molecule has 300 valence electrons. The van der Waals surface area contributed by atoms with Crippen molar-refractivity contribution in [2.45, 2.75) is 179 Å². The molecule has 1 aliphatic heterocycles. The zero-order valence-corrected chi connectivity index (χ0v) is 32.5. The SMILES string of the molecule is CC/C=C\C/C=C\C/C=C\C/C=C\C/C=C\CC(=O)OC(COCCCCCCCCCCCCCCCC)COC1OC(CO)C(O)C(O)C1O. The maximum absolute atomic E-state index is 12.7. The third-order valence-corrected chi connectivity index (χ3v) is 8.98. The summed E-state index contributed by atoms with van der Waals surface area (Å²) in [6.45, 7) is 4.31. The number of hydrogen-bond acceptors (Lipinski definition) is 9. The molecule has 0 spiro atoms. The second-order valence-corrected chi connectivity index (χ2v) is 13.7. The van der Waals surface area contributed by atoms with Gasteiger partial charge in [0.2, 0.25) is 0 Å². The van der Waals surface area contributed by atoms with Crippen molar-refractivity contribution in [2.75, 3.05) is 26.4 Å². The molecule has 1 aliphatic rings. The summed E-state index contributed by atoms with van der Waals surface area (Å²) in [7, 11) is 0. The molecule has 6 unspecified atom stereocenters. The molecule has 9 nitrogen and oxygen atoms in total. The molecule has 0 aliphatic carbocycles. The molecule has 1 rings (SSSR count). The van der Waals surface area contributed by atoms with Crippen molar-refractivity contribution in [1.82, 2.24) is 0 Å². The molecule has 1 fully saturated rings. The van der Waals surface area contributed by atoms with Gasteiger partial charge in [0.25, 0.3) is 0 Å². The van der Waals surface area contributed by atoms with E-state index in [1.165, 1.54) is 77.0 Å². The predicted octanol–water partition coefficient (Wildman–Crippen LogP) is 8.35. The van der Waals surface area contributed by atoms with Crippen molar-refractivity contribution in [3.8, 4) is 0 Å². The Labute approximate surface area is 315 Å². The molecule has 6 atom stereocenters. The Kier molecular flexibility index (Phi) is 31.9. The fourth-order valence-electron chi connectivity index (χ4n) is 5.80. The summed E-state index contributed by atoms with van der Waals surface area (Å²) in [5.74, 6) is -0.441. The average molecular weight is 735 g/mol. The number of allylic oxidation sites excluding steroid dienone is 9. The summed E-state index contributed by atoms with van der Waals surface area (Å²) in [6.07, 6.45) is 35.6. The number of rotatable bonds is 33. The topological polar surface area (TPSA) is 135 Å². The van der Waals surface area contributed by atoms with E-state index in [9.17, 15) is 25.2 Å². The highest BCUT2D eigenvalue weighted by atomic mass is 16.7. The third-order valence-electron chi connectivity index (χ3n) is 8.98. The molecular formula is C43H74O9. The minimum atomic E-state index is -1.55. The molecule has 0 aromatic rings. The summed E-state index contributed by atoms with van der Waals surface area (Å²) in [6, 6.07) is 0. The van der Waals surface area contributed by atoms with Crippen LogP contribution in [0.2, 0.25) is 0 Å². The summed E-state index contributed by atoms with van der Waals surface area (Å²) >= 11 is 0. The van der Waals surface area contributed by atoms with E-state index in [-0.39, 0.29) is 19.6 Å². The van der Waals surface area contributed by atoms with E-state index in [2.05, 4.69) is 62.5 Å². The van der Waals surface area contributed by atoms with Crippen molar-refractivity contribution in [2.24, 2.45) is 0 Å². The molecule has 0 radical (unpaired) electrons. The summed E-state index contributed by atoms with van der Waals surface area (Å²) in [4.78, 5) is 12.7. The van der Waals surface area contributed by atoms with Gasteiger partial charge in [-0.05, 0) is 38.5 Å². The van der Waals surface area contributed by atoms with Crippen LogP contribution in [-0.4, -0.2) is 89.6 Å². The lowest BCUT2D eigenvalue weighted by molar-refractivity contribution is -0.305. The van der Waals surface area contributed by atoms with Crippen LogP contribution in [0, 0.1) is 0 Å². The molecule has 0 bridgehead atoms. The number of carbonyl (C=O) groups excluding carboxylic acids is 1. The number of aliphatic hydroxyl groups is 4. The van der Waals surface area contributed by atoms with Crippen LogP contribution in [0.3, 0.4) is 0 Å². The van der Waals surface area contributed by atoms with E-state index in [1.807, 2.05) is 6.08 Å². The van der Waals surface area contributed by atoms with Gasteiger partial charge in [0.15, 0.2) is 6.29 Å². The lowest BCUT2D eigenvalue weighted by Crippen LogP contribution is -2.59. The van der Waals surface area contributed by atoms with Crippen LogP contribution in [-0.2, 0) is 23.7 Å². The van der Waals surface area contributed by atoms with Gasteiger partial charge in [-0.1, -0.05) is 158 Å². The van der Waals surface area contributed by atoms with Crippen LogP contribution in [0.1, 0.15) is 142 Å². The van der Waals surface area contributed by atoms with Gasteiger partial charge in [0.05, 0.1) is 26.2 Å². The standard InChI is InChI=1S/C43H74O9/c1-3-5-7-9-11-13-15-17-19-20-22-24-26-28-30-32-39(45)51-37(36-50-43-42(48)41(47)40(46)38(34-44)52-43)35-49-33-31-29-27-25-23-21-18-16-14-12-10-8-6-4-2/h5,7,11,13,17,19,22,24,28,30,37-38,40-44,46-48H,3-4,6,8-10,12,14-16,18,20-21,23,25-27,29,31-36H2,1-2H3/b7-5-,13-11-,19-17-,24-22-,30-28-. The molecule has 1 heterocycles. The van der Waals surface area contributed by atoms with Gasteiger partial charge in [0, 0.05) is 6.61 Å². The van der Waals surface area contributed by atoms with E-state index in [0.717, 1.165) is 38.5 Å². The van der Waals surface area contributed by atoms with Crippen molar-refractivity contribution >= 4 is 5.97 Å². The number of unbranched alkanes of at least 4 members (excludes halogenated alkanes) is 13. The lowest BCUT2D eigenvalue weighted by Gasteiger charge is -2.39. The molecule has 0 amide bonds. The van der Waals surface area contributed by atoms with E-state index in [0.29, 0.717) is 13.0 Å². The zero-order chi connectivity index (χ0) is 37.9. The highest BCUT2D eigenvalue weighted by molar-refractivity contribution is 5.71. The first kappa shape index (κ1) is 47.9. The molecule has 4 N–H and O–H groups in total. The maximum atomic E-state index is 12.7. The van der Waals surface area contributed by atoms with Gasteiger partial charge in [-0.15, -0.1) is 0 Å². The van der Waals surface area contributed by atoms with Crippen LogP contribution in [0.15, 0.2) is 60.8 Å². The fourth-order valence-corrected chi connectivity index (χ4v) is 5.80. The molecule has 0 aromatic carbocycles. The van der Waals surface area contributed by atoms with Gasteiger partial charge >= 0.3 is 5.97 Å². The Balaban J connectivity index is 2.38. The molecule has 0 aromatic heterocycles. The maximum Gasteiger partial charge on any atom is 0.310 e. The van der Waals surface area contributed by atoms with E-state index in [1.54, 1.807) is 6.08 Å². The Morgan fingerprint density at radius 2 is 1.10 bits per heavy atom. The minimum absolute atomic E-state index is 0.0863. The zero-order valence-electron chi connectivity index (χ0n) is 32.5. The van der Waals surface area contributed by atoms with Crippen LogP contribution < -0.4 is 0 Å². The summed E-state index contributed by atoms with van der Waals surface area (Å²) < 4.78 is 22.6. The van der Waals surface area contributed by atoms with Crippen LogP contribution >= 0.6 is 0 Å². The van der Waals surface area contributed by atoms with Crippen molar-refractivity contribution in [1.29, 1.82) is 0 Å². The quantitative estimate of drug-likeness (QED) is 0.0298. The smallest absolute Gasteiger partial charge is 0.310 e. The van der Waals surface area contributed by atoms with Crippen LogP contribution in [0.25, 0.3) is 0 Å². The number of esters is 1. The van der Waals surface area contributed by atoms with Crippen molar-refractivity contribution in [3.63, 3.8) is 0 Å². The Hall–Kier alpha value is -2.11. The average Bonchev–Trinajstić information content (AvgIpc) is 3.14. The first-order valence-corrected chi connectivity index (χ1v) is 20.4. The van der Waals surface area contributed by atoms with Gasteiger partial charge in [-0.2, -0.15) is 0 Å². The number of hydrogen-bond donors (Lipinski definition) is 4. The normalized spacial score (nSPS) is 21.8. The summed E-state index contributed by atoms with van der Waals surface area (Å²) in [5, 5.41) is 40.0. The molecular weight excluding hydrogens is 660 g/mol. The monoisotopic (exact) mass is 735 g/mol. The highest BCUT2D eigenvalue weighted by Gasteiger charge is 2.44. The molecule has 52 heavy (non-hydrogen) atoms. The molecule has 0 saturated carbocycles. The van der Waals surface area contributed by atoms with Crippen molar-refractivity contribution in [3.05, 3.63) is 60.8 Å². The second-order valence-electron chi connectivity index (χ2n) is 13.7. The fraction of sp³-hybridized carbons (Fsp3) is 0.744. The summed E-state index contributed by atoms with van der Waals surface area (Å²) in [5.41, 5.74) is 0. The minimum Gasteiger partial charge on any atom is -0.457 e. The third kappa shape index (κ3) is 25.8. The lowest BCUT2D eigenvalue weighted by atomic mass is 9.99. The van der Waals surface area contributed by atoms with Gasteiger partial charge in [-0.3, -0.25) is 4.79 Å². The van der Waals surface area contributed by atoms with Crippen molar-refractivity contribution < 1.29 is 44.2 Å². The van der Waals surface area contributed by atoms with Crippen LogP contribution in [0.5, 0.6) is 0 Å². The first-order chi connectivity index (χ1) is 25.4. The second kappa shape index (κ2) is 34.6. The Bertz CT molecular complexity index is 974. The molecule has 9 heteroatoms. The Morgan fingerprint density at radius 3 is 1.60 bits per heavy atom. The van der Waals surface area contributed by atoms with E-state index >= 15 is 0 Å². The van der Waals surface area contributed by atoms with E-state index < -0.39 is 49.4 Å². The number of aliphatic hydroxyl groups excluding tert-OH is 4. The highest BCUT2D eigenvalue weighted by Crippen LogP contribution is 2.22. The predicted molar refractivity (Wildman–Crippen MR) is 210 cm³/mol. The Morgan fingerprint density at radius 1 is 0.615 bits per heavy atom. The van der Waals surface area contributed by atoms with E-state index in [4.69, 9.17) is 18.9 Å². The number of carbonyl (C=O) groups is 1. The van der Waals surface area contributed by atoms with Crippen LogP contribution in [0.4, 0.5) is 0 Å². The van der Waals surface area contributed by atoms with Gasteiger partial charge in [0.1, 0.15) is 30.5 Å². The largest absolute Gasteiger partial charge is 0.457 e. The first-order valence-electron chi connectivity index (χ1n) is 20.4.